The lowest BCUT2D eigenvalue weighted by molar-refractivity contribution is -0.131. The van der Waals surface area contributed by atoms with Gasteiger partial charge < -0.3 is 15.3 Å². The predicted molar refractivity (Wildman–Crippen MR) is 71.6 cm³/mol. The minimum atomic E-state index is -0.852. The molecule has 2 aliphatic heterocycles. The summed E-state index contributed by atoms with van der Waals surface area (Å²) >= 11 is 0. The zero-order valence-electron chi connectivity index (χ0n) is 11.4. The maximum Gasteiger partial charge on any atom is 0.328 e. The van der Waals surface area contributed by atoms with Crippen LogP contribution in [0.5, 0.6) is 0 Å². The molecule has 2 heterocycles. The monoisotopic (exact) mass is 252 g/mol. The van der Waals surface area contributed by atoms with Gasteiger partial charge in [0.15, 0.2) is 0 Å². The van der Waals surface area contributed by atoms with Crippen molar-refractivity contribution in [2.75, 3.05) is 13.6 Å². The minimum absolute atomic E-state index is 0.550. The molecule has 2 N–H and O–H groups in total. The van der Waals surface area contributed by atoms with Gasteiger partial charge in [-0.25, -0.2) is 4.79 Å². The second kappa shape index (κ2) is 5.85. The van der Waals surface area contributed by atoms with Crippen molar-refractivity contribution in [2.45, 2.75) is 57.2 Å². The van der Waals surface area contributed by atoms with Crippen molar-refractivity contribution in [2.24, 2.45) is 0 Å². The van der Waals surface area contributed by atoms with E-state index in [1.54, 1.807) is 0 Å². The molecule has 0 aromatic rings. The zero-order chi connectivity index (χ0) is 13.1. The lowest BCUT2D eigenvalue weighted by atomic mass is 9.82. The normalized spacial score (nSPS) is 33.4. The van der Waals surface area contributed by atoms with E-state index in [2.05, 4.69) is 17.3 Å². The van der Waals surface area contributed by atoms with Crippen molar-refractivity contribution in [1.82, 2.24) is 10.2 Å². The molecular formula is C14H24N2O2. The Hall–Kier alpha value is -0.870. The third-order valence-corrected chi connectivity index (χ3v) is 4.38. The molecule has 2 fully saturated rings. The summed E-state index contributed by atoms with van der Waals surface area (Å²) in [7, 11) is 2.25. The average molecular weight is 252 g/mol. The second-order valence-electron chi connectivity index (χ2n) is 5.78. The Kier molecular flexibility index (Phi) is 4.40. The highest BCUT2D eigenvalue weighted by Crippen LogP contribution is 2.32. The first kappa shape index (κ1) is 13.6. The molecule has 102 valence electrons. The summed E-state index contributed by atoms with van der Waals surface area (Å²) in [6.07, 6.45) is 7.69. The van der Waals surface area contributed by atoms with Crippen LogP contribution in [0.2, 0.25) is 0 Å². The minimum Gasteiger partial charge on any atom is -0.478 e. The Bertz CT molecular complexity index is 327. The molecule has 0 aliphatic carbocycles. The summed E-state index contributed by atoms with van der Waals surface area (Å²) in [6, 6.07) is 1.99. The summed E-state index contributed by atoms with van der Waals surface area (Å²) in [6.45, 7) is 2.57. The van der Waals surface area contributed by atoms with Gasteiger partial charge >= 0.3 is 5.97 Å². The van der Waals surface area contributed by atoms with Crippen LogP contribution >= 0.6 is 0 Å². The topological polar surface area (TPSA) is 52.6 Å². The molecule has 4 heteroatoms. The van der Waals surface area contributed by atoms with Gasteiger partial charge in [0.05, 0.1) is 0 Å². The molecule has 2 saturated heterocycles. The van der Waals surface area contributed by atoms with E-state index in [4.69, 9.17) is 5.11 Å². The van der Waals surface area contributed by atoms with Gasteiger partial charge in [-0.3, -0.25) is 0 Å². The molecule has 0 aromatic carbocycles. The number of fused-ring (bicyclic) bond motifs is 2. The Morgan fingerprint density at radius 2 is 2.00 bits per heavy atom. The molecular weight excluding hydrogens is 228 g/mol. The molecule has 0 spiro atoms. The number of carboxylic acid groups (broad SMARTS) is 1. The first-order chi connectivity index (χ1) is 8.56. The molecule has 2 bridgehead atoms. The van der Waals surface area contributed by atoms with E-state index >= 15 is 0 Å². The maximum absolute atomic E-state index is 10.6. The number of piperidine rings is 2. The lowest BCUT2D eigenvalue weighted by Gasteiger charge is -2.47. The number of carbonyl (C=O) groups is 1. The smallest absolute Gasteiger partial charge is 0.328 e. The molecule has 2 aliphatic rings. The second-order valence-corrected chi connectivity index (χ2v) is 5.78. The van der Waals surface area contributed by atoms with Gasteiger partial charge in [0, 0.05) is 30.7 Å². The number of aliphatic carboxylic acids is 1. The molecule has 2 rings (SSSR count). The number of nitrogens with zero attached hydrogens (tertiary/aromatic N) is 1. The van der Waals surface area contributed by atoms with Gasteiger partial charge in [0.25, 0.3) is 0 Å². The van der Waals surface area contributed by atoms with Gasteiger partial charge in [-0.2, -0.15) is 0 Å². The van der Waals surface area contributed by atoms with E-state index in [1.807, 2.05) is 6.92 Å². The van der Waals surface area contributed by atoms with Gasteiger partial charge in [0.1, 0.15) is 0 Å². The van der Waals surface area contributed by atoms with Crippen molar-refractivity contribution < 1.29 is 9.90 Å². The van der Waals surface area contributed by atoms with Crippen LogP contribution in [-0.2, 0) is 4.79 Å². The summed E-state index contributed by atoms with van der Waals surface area (Å²) in [4.78, 5) is 13.1. The standard InChI is InChI=1S/C14H24N2O2/c1-10(6-14(17)18)9-15-11-7-12-4-3-5-13(8-11)16(12)2/h6,11-13,15H,3-5,7-9H2,1-2H3,(H,17,18). The van der Waals surface area contributed by atoms with E-state index < -0.39 is 5.97 Å². The quantitative estimate of drug-likeness (QED) is 0.747. The zero-order valence-corrected chi connectivity index (χ0v) is 11.4. The van der Waals surface area contributed by atoms with Crippen LogP contribution in [0.25, 0.3) is 0 Å². The third-order valence-electron chi connectivity index (χ3n) is 4.38. The fraction of sp³-hybridized carbons (Fsp3) is 0.786. The van der Waals surface area contributed by atoms with E-state index in [-0.39, 0.29) is 0 Å². The molecule has 4 nitrogen and oxygen atoms in total. The van der Waals surface area contributed by atoms with Crippen molar-refractivity contribution in [3.05, 3.63) is 11.6 Å². The van der Waals surface area contributed by atoms with Gasteiger partial charge in [0.2, 0.25) is 0 Å². The van der Waals surface area contributed by atoms with Crippen LogP contribution in [0.4, 0.5) is 0 Å². The number of hydrogen-bond donors (Lipinski definition) is 2. The largest absolute Gasteiger partial charge is 0.478 e. The summed E-state index contributed by atoms with van der Waals surface area (Å²) < 4.78 is 0. The number of carboxylic acids is 1. The fourth-order valence-corrected chi connectivity index (χ4v) is 3.35. The average Bonchev–Trinajstić information content (AvgIpc) is 2.25. The van der Waals surface area contributed by atoms with Crippen LogP contribution in [0, 0.1) is 0 Å². The number of hydrogen-bond acceptors (Lipinski definition) is 3. The molecule has 0 saturated carbocycles. The molecule has 18 heavy (non-hydrogen) atoms. The SMILES string of the molecule is CC(=CC(=O)O)CNC1CC2CCCC(C1)N2C. The van der Waals surface area contributed by atoms with Crippen LogP contribution in [0.3, 0.4) is 0 Å². The fourth-order valence-electron chi connectivity index (χ4n) is 3.35. The van der Waals surface area contributed by atoms with Gasteiger partial charge in [-0.05, 0) is 39.7 Å². The highest BCUT2D eigenvalue weighted by Gasteiger charge is 2.35. The molecule has 0 radical (unpaired) electrons. The van der Waals surface area contributed by atoms with Crippen LogP contribution < -0.4 is 5.32 Å². The van der Waals surface area contributed by atoms with Gasteiger partial charge in [-0.15, -0.1) is 0 Å². The van der Waals surface area contributed by atoms with Crippen LogP contribution in [0.1, 0.15) is 39.0 Å². The first-order valence-corrected chi connectivity index (χ1v) is 6.91. The van der Waals surface area contributed by atoms with Crippen molar-refractivity contribution in [3.8, 4) is 0 Å². The van der Waals surface area contributed by atoms with Crippen LogP contribution in [-0.4, -0.2) is 47.7 Å². The maximum atomic E-state index is 10.6. The Morgan fingerprint density at radius 1 is 1.39 bits per heavy atom. The molecule has 0 amide bonds. The van der Waals surface area contributed by atoms with Gasteiger partial charge in [-0.1, -0.05) is 12.0 Å². The molecule has 0 aromatic heterocycles. The summed E-state index contributed by atoms with van der Waals surface area (Å²) in [5.41, 5.74) is 0.895. The Labute approximate surface area is 109 Å². The predicted octanol–water partition coefficient (Wildman–Crippen LogP) is 1.62. The highest BCUT2D eigenvalue weighted by molar-refractivity contribution is 5.80. The van der Waals surface area contributed by atoms with Crippen molar-refractivity contribution >= 4 is 5.97 Å². The Morgan fingerprint density at radius 3 is 2.56 bits per heavy atom. The number of nitrogens with one attached hydrogen (secondary N) is 1. The van der Waals surface area contributed by atoms with Crippen LogP contribution in [0.15, 0.2) is 11.6 Å². The lowest BCUT2D eigenvalue weighted by Crippen LogP contribution is -2.54. The first-order valence-electron chi connectivity index (χ1n) is 6.91. The molecule has 2 atom stereocenters. The summed E-state index contributed by atoms with van der Waals surface area (Å²) in [5.74, 6) is -0.852. The highest BCUT2D eigenvalue weighted by atomic mass is 16.4. The van der Waals surface area contributed by atoms with Crippen molar-refractivity contribution in [3.63, 3.8) is 0 Å². The third kappa shape index (κ3) is 3.33. The Balaban J connectivity index is 1.83. The van der Waals surface area contributed by atoms with E-state index in [9.17, 15) is 4.79 Å². The van der Waals surface area contributed by atoms with E-state index in [1.165, 1.54) is 38.2 Å². The van der Waals surface area contributed by atoms with Crippen molar-refractivity contribution in [1.29, 1.82) is 0 Å². The van der Waals surface area contributed by atoms with E-state index in [0.29, 0.717) is 12.6 Å². The number of rotatable bonds is 4. The summed E-state index contributed by atoms with van der Waals surface area (Å²) in [5, 5.41) is 12.2. The molecule has 2 unspecified atom stereocenters. The van der Waals surface area contributed by atoms with E-state index in [0.717, 1.165) is 17.7 Å².